The highest BCUT2D eigenvalue weighted by atomic mass is 16.5. The number of rotatable bonds is 3. The van der Waals surface area contributed by atoms with E-state index in [0.717, 1.165) is 0 Å². The first-order valence-electron chi connectivity index (χ1n) is 4.21. The van der Waals surface area contributed by atoms with Crippen LogP contribution in [0.3, 0.4) is 0 Å². The number of hydrogen-bond donors (Lipinski definition) is 3. The highest BCUT2D eigenvalue weighted by molar-refractivity contribution is 5.90. The minimum atomic E-state index is -0.156. The van der Waals surface area contributed by atoms with Crippen molar-refractivity contribution in [1.82, 2.24) is 9.97 Å². The zero-order chi connectivity index (χ0) is 12.0. The van der Waals surface area contributed by atoms with E-state index in [1.165, 1.54) is 19.5 Å². The molecule has 0 aliphatic heterocycles. The molecule has 5 N–H and O–H groups in total. The van der Waals surface area contributed by atoms with E-state index in [1.807, 2.05) is 0 Å². The third-order valence-corrected chi connectivity index (χ3v) is 1.46. The van der Waals surface area contributed by atoms with Crippen LogP contribution in [-0.4, -0.2) is 35.1 Å². The van der Waals surface area contributed by atoms with Crippen molar-refractivity contribution in [3.8, 4) is 0 Å². The zero-order valence-electron chi connectivity index (χ0n) is 8.58. The number of aromatic nitrogens is 2. The van der Waals surface area contributed by atoms with Crippen LogP contribution in [0.15, 0.2) is 22.5 Å². The van der Waals surface area contributed by atoms with E-state index in [2.05, 4.69) is 20.2 Å². The summed E-state index contributed by atoms with van der Waals surface area (Å²) in [5.74, 6) is 0.0697. The Morgan fingerprint density at radius 2 is 2.31 bits per heavy atom. The van der Waals surface area contributed by atoms with Crippen LogP contribution in [0.25, 0.3) is 0 Å². The first-order chi connectivity index (χ1) is 7.63. The van der Waals surface area contributed by atoms with Gasteiger partial charge < -0.3 is 16.2 Å². The number of nitrogens with zero attached hydrogens (tertiary/aromatic N) is 4. The summed E-state index contributed by atoms with van der Waals surface area (Å²) >= 11 is 0. The molecule has 0 spiro atoms. The molecule has 8 nitrogen and oxygen atoms in total. The Morgan fingerprint density at radius 3 is 2.94 bits per heavy atom. The van der Waals surface area contributed by atoms with Crippen molar-refractivity contribution in [2.75, 3.05) is 7.11 Å². The summed E-state index contributed by atoms with van der Waals surface area (Å²) in [5.41, 5.74) is 10.5. The lowest BCUT2D eigenvalue weighted by atomic mass is 10.4. The first-order valence-corrected chi connectivity index (χ1v) is 4.21. The number of guanidine groups is 1. The lowest BCUT2D eigenvalue weighted by molar-refractivity contribution is 0.399. The van der Waals surface area contributed by atoms with Crippen LogP contribution in [0.2, 0.25) is 0 Å². The van der Waals surface area contributed by atoms with Crippen molar-refractivity contribution in [1.29, 1.82) is 5.41 Å². The van der Waals surface area contributed by atoms with Crippen LogP contribution in [0.4, 0.5) is 0 Å². The van der Waals surface area contributed by atoms with Crippen molar-refractivity contribution in [2.45, 2.75) is 0 Å². The van der Waals surface area contributed by atoms with E-state index in [-0.39, 0.29) is 17.7 Å². The predicted octanol–water partition coefficient (Wildman–Crippen LogP) is -0.944. The molecule has 0 bridgehead atoms. The molecular weight excluding hydrogens is 210 g/mol. The van der Waals surface area contributed by atoms with E-state index in [1.54, 1.807) is 6.07 Å². The van der Waals surface area contributed by atoms with Crippen molar-refractivity contribution in [3.63, 3.8) is 0 Å². The predicted molar refractivity (Wildman–Crippen MR) is 59.3 cm³/mol. The van der Waals surface area contributed by atoms with Crippen molar-refractivity contribution in [2.24, 2.45) is 21.7 Å². The molecule has 0 aliphatic rings. The number of ether oxygens (including phenoxy) is 1. The molecule has 0 amide bonds. The molecule has 16 heavy (non-hydrogen) atoms. The average molecular weight is 221 g/mol. The number of methoxy groups -OCH3 is 1. The minimum absolute atomic E-state index is 0.0566. The Morgan fingerprint density at radius 1 is 1.56 bits per heavy atom. The van der Waals surface area contributed by atoms with Gasteiger partial charge in [0.25, 0.3) is 0 Å². The van der Waals surface area contributed by atoms with E-state index < -0.39 is 0 Å². The summed E-state index contributed by atoms with van der Waals surface area (Å²) in [6.07, 6.45) is 2.75. The standard InChI is InChI=1S/C8H11N7O/c1-16-7(9)5-2-3-12-6(14-5)4-13-15-8(10)11/h2-4,9H,1H3,(H4,10,11,15)/b9-7?,13-4+. The summed E-state index contributed by atoms with van der Waals surface area (Å²) < 4.78 is 4.71. The normalized spacial score (nSPS) is 10.1. The van der Waals surface area contributed by atoms with Gasteiger partial charge in [-0.3, -0.25) is 5.41 Å². The quantitative estimate of drug-likeness (QED) is 0.343. The van der Waals surface area contributed by atoms with Gasteiger partial charge in [-0.15, -0.1) is 5.10 Å². The molecule has 0 unspecified atom stereocenters. The molecule has 0 saturated heterocycles. The van der Waals surface area contributed by atoms with Crippen LogP contribution < -0.4 is 11.5 Å². The van der Waals surface area contributed by atoms with Gasteiger partial charge in [-0.05, 0) is 6.07 Å². The molecule has 1 heterocycles. The molecule has 8 heteroatoms. The van der Waals surface area contributed by atoms with Gasteiger partial charge in [0.2, 0.25) is 11.9 Å². The highest BCUT2D eigenvalue weighted by Gasteiger charge is 2.03. The molecule has 1 aromatic heterocycles. The Balaban J connectivity index is 2.87. The van der Waals surface area contributed by atoms with Gasteiger partial charge in [0.15, 0.2) is 5.82 Å². The van der Waals surface area contributed by atoms with Gasteiger partial charge in [0, 0.05) is 6.20 Å². The summed E-state index contributed by atoms with van der Waals surface area (Å²) in [6, 6.07) is 1.55. The lowest BCUT2D eigenvalue weighted by Gasteiger charge is -2.00. The number of nitrogens with one attached hydrogen (secondary N) is 1. The van der Waals surface area contributed by atoms with Crippen molar-refractivity contribution < 1.29 is 4.74 Å². The Labute approximate surface area is 91.6 Å². The van der Waals surface area contributed by atoms with Gasteiger partial charge in [-0.25, -0.2) is 9.97 Å². The Hall–Kier alpha value is -2.51. The third kappa shape index (κ3) is 3.33. The van der Waals surface area contributed by atoms with Gasteiger partial charge in [-0.2, -0.15) is 5.10 Å². The lowest BCUT2D eigenvalue weighted by Crippen LogP contribution is -2.21. The van der Waals surface area contributed by atoms with E-state index in [0.29, 0.717) is 5.69 Å². The van der Waals surface area contributed by atoms with Crippen molar-refractivity contribution >= 4 is 18.1 Å². The largest absolute Gasteiger partial charge is 0.480 e. The fourth-order valence-electron chi connectivity index (χ4n) is 0.814. The molecule has 0 atom stereocenters. The number of hydrogen-bond acceptors (Lipinski definition) is 6. The van der Waals surface area contributed by atoms with Crippen molar-refractivity contribution in [3.05, 3.63) is 23.8 Å². The van der Waals surface area contributed by atoms with Crippen LogP contribution >= 0.6 is 0 Å². The fourth-order valence-corrected chi connectivity index (χ4v) is 0.814. The molecule has 0 radical (unpaired) electrons. The van der Waals surface area contributed by atoms with Crippen LogP contribution in [0.5, 0.6) is 0 Å². The molecule has 1 rings (SSSR count). The monoisotopic (exact) mass is 221 g/mol. The Bertz CT molecular complexity index is 436. The van der Waals surface area contributed by atoms with Crippen LogP contribution in [0, 0.1) is 5.41 Å². The van der Waals surface area contributed by atoms with Gasteiger partial charge in [0.1, 0.15) is 5.69 Å². The van der Waals surface area contributed by atoms with E-state index in [4.69, 9.17) is 21.6 Å². The first kappa shape index (κ1) is 11.6. The second-order valence-electron chi connectivity index (χ2n) is 2.60. The third-order valence-electron chi connectivity index (χ3n) is 1.46. The maximum Gasteiger partial charge on any atom is 0.232 e. The second kappa shape index (κ2) is 5.39. The molecule has 1 aromatic rings. The summed E-state index contributed by atoms with van der Waals surface area (Å²) in [4.78, 5) is 7.87. The topological polar surface area (TPSA) is 136 Å². The average Bonchev–Trinajstić information content (AvgIpc) is 2.28. The van der Waals surface area contributed by atoms with E-state index >= 15 is 0 Å². The zero-order valence-corrected chi connectivity index (χ0v) is 8.58. The maximum absolute atomic E-state index is 7.40. The van der Waals surface area contributed by atoms with Gasteiger partial charge >= 0.3 is 0 Å². The maximum atomic E-state index is 7.40. The molecule has 0 fully saturated rings. The number of nitrogens with two attached hydrogens (primary N) is 2. The smallest absolute Gasteiger partial charge is 0.232 e. The fraction of sp³-hybridized carbons (Fsp3) is 0.125. The second-order valence-corrected chi connectivity index (χ2v) is 2.60. The minimum Gasteiger partial charge on any atom is -0.480 e. The molecule has 0 aromatic carbocycles. The van der Waals surface area contributed by atoms with Crippen LogP contribution in [-0.2, 0) is 4.74 Å². The van der Waals surface area contributed by atoms with E-state index in [9.17, 15) is 0 Å². The summed E-state index contributed by atoms with van der Waals surface area (Å²) in [7, 11) is 1.39. The summed E-state index contributed by atoms with van der Waals surface area (Å²) in [5, 5.41) is 14.3. The highest BCUT2D eigenvalue weighted by Crippen LogP contribution is 1.96. The Kier molecular flexibility index (Phi) is 3.90. The molecule has 84 valence electrons. The van der Waals surface area contributed by atoms with Gasteiger partial charge in [0.05, 0.1) is 13.3 Å². The molecular formula is C8H11N7O. The van der Waals surface area contributed by atoms with Gasteiger partial charge in [-0.1, -0.05) is 0 Å². The SMILES string of the molecule is COC(=N)c1ccnc(/C=N/N=C(N)N)n1. The molecule has 0 aliphatic carbocycles. The van der Waals surface area contributed by atoms with Crippen LogP contribution in [0.1, 0.15) is 11.5 Å². The molecule has 0 saturated carbocycles. The summed E-state index contributed by atoms with van der Waals surface area (Å²) in [6.45, 7) is 0.